The van der Waals surface area contributed by atoms with Gasteiger partial charge >= 0.3 is 5.97 Å². The Bertz CT molecular complexity index is 701. The number of unbranched alkanes of at least 4 members (excludes halogenated alkanes) is 3. The molecule has 0 aliphatic heterocycles. The number of carboxylic acid groups (broad SMARTS) is 1. The van der Waals surface area contributed by atoms with Crippen molar-refractivity contribution in [2.75, 3.05) is 0 Å². The van der Waals surface area contributed by atoms with E-state index < -0.39 is 10.8 Å². The van der Waals surface area contributed by atoms with Crippen molar-refractivity contribution in [1.82, 2.24) is 9.97 Å². The molecule has 0 bridgehead atoms. The molecule has 5 heteroatoms. The highest BCUT2D eigenvalue weighted by molar-refractivity contribution is 9.10. The smallest absolute Gasteiger partial charge is 0.317 e. The highest BCUT2D eigenvalue weighted by Gasteiger charge is 2.20. The average Bonchev–Trinajstić information content (AvgIpc) is 2.69. The van der Waals surface area contributed by atoms with Gasteiger partial charge in [-0.1, -0.05) is 73.3 Å². The van der Waals surface area contributed by atoms with Crippen molar-refractivity contribution in [1.29, 1.82) is 0 Å². The standard InChI is InChI=1S/C22H29BrN2O2/c1-3-4-5-6-7-18-14-24-21(25-15-18)19-12-10-17(11-13-19)9-8-16(2)20(23)22(26)27/h10-16,20H,3-9H2,1-2H3,(H,26,27). The van der Waals surface area contributed by atoms with Gasteiger partial charge in [-0.2, -0.15) is 0 Å². The molecule has 4 nitrogen and oxygen atoms in total. The minimum atomic E-state index is -0.802. The molecule has 2 rings (SSSR count). The van der Waals surface area contributed by atoms with Gasteiger partial charge < -0.3 is 5.11 Å². The largest absolute Gasteiger partial charge is 0.480 e. The van der Waals surface area contributed by atoms with E-state index in [1.54, 1.807) is 0 Å². The first-order chi connectivity index (χ1) is 13.0. The van der Waals surface area contributed by atoms with Crippen LogP contribution in [0.15, 0.2) is 36.7 Å². The fourth-order valence-corrected chi connectivity index (χ4v) is 3.26. The molecule has 2 atom stereocenters. The van der Waals surface area contributed by atoms with E-state index in [-0.39, 0.29) is 5.92 Å². The zero-order valence-electron chi connectivity index (χ0n) is 16.2. The van der Waals surface area contributed by atoms with Crippen LogP contribution in [-0.4, -0.2) is 25.9 Å². The molecule has 146 valence electrons. The summed E-state index contributed by atoms with van der Waals surface area (Å²) in [7, 11) is 0. The first kappa shape index (κ1) is 21.5. The molecule has 2 aromatic rings. The second-order valence-electron chi connectivity index (χ2n) is 7.18. The molecule has 0 fully saturated rings. The Morgan fingerprint density at radius 1 is 1.04 bits per heavy atom. The highest BCUT2D eigenvalue weighted by atomic mass is 79.9. The van der Waals surface area contributed by atoms with E-state index in [9.17, 15) is 4.79 Å². The summed E-state index contributed by atoms with van der Waals surface area (Å²) in [6.07, 6.45) is 11.6. The molecule has 0 amide bonds. The summed E-state index contributed by atoms with van der Waals surface area (Å²) in [5, 5.41) is 9.04. The number of carboxylic acids is 1. The lowest BCUT2D eigenvalue weighted by molar-refractivity contribution is -0.137. The maximum absolute atomic E-state index is 11.0. The summed E-state index contributed by atoms with van der Waals surface area (Å²) >= 11 is 3.24. The Morgan fingerprint density at radius 2 is 1.70 bits per heavy atom. The van der Waals surface area contributed by atoms with Crippen LogP contribution in [0.3, 0.4) is 0 Å². The Kier molecular flexibility index (Phi) is 8.92. The zero-order chi connectivity index (χ0) is 19.6. The highest BCUT2D eigenvalue weighted by Crippen LogP contribution is 2.21. The van der Waals surface area contributed by atoms with E-state index in [2.05, 4.69) is 45.0 Å². The van der Waals surface area contributed by atoms with E-state index in [0.717, 1.165) is 30.7 Å². The summed E-state index contributed by atoms with van der Waals surface area (Å²) in [5.41, 5.74) is 3.40. The van der Waals surface area contributed by atoms with E-state index in [4.69, 9.17) is 5.11 Å². The Morgan fingerprint density at radius 3 is 2.30 bits per heavy atom. The van der Waals surface area contributed by atoms with Gasteiger partial charge in [0.2, 0.25) is 0 Å². The van der Waals surface area contributed by atoms with Gasteiger partial charge in [0, 0.05) is 18.0 Å². The molecule has 1 aromatic carbocycles. The number of nitrogens with zero attached hydrogens (tertiary/aromatic N) is 2. The Labute approximate surface area is 170 Å². The molecule has 1 N–H and O–H groups in total. The van der Waals surface area contributed by atoms with Crippen LogP contribution in [-0.2, 0) is 17.6 Å². The lowest BCUT2D eigenvalue weighted by Crippen LogP contribution is -2.21. The molecule has 1 aromatic heterocycles. The lowest BCUT2D eigenvalue weighted by atomic mass is 9.97. The van der Waals surface area contributed by atoms with Crippen molar-refractivity contribution in [3.05, 3.63) is 47.8 Å². The van der Waals surface area contributed by atoms with Crippen molar-refractivity contribution in [3.8, 4) is 11.4 Å². The third-order valence-electron chi connectivity index (χ3n) is 4.86. The summed E-state index contributed by atoms with van der Waals surface area (Å²) in [5.74, 6) is 0.0258. The van der Waals surface area contributed by atoms with Gasteiger partial charge in [-0.15, -0.1) is 0 Å². The second-order valence-corrected chi connectivity index (χ2v) is 8.16. The number of hydrogen-bond acceptors (Lipinski definition) is 3. The van der Waals surface area contributed by atoms with Gasteiger partial charge in [0.05, 0.1) is 0 Å². The van der Waals surface area contributed by atoms with E-state index >= 15 is 0 Å². The summed E-state index contributed by atoms with van der Waals surface area (Å²) in [4.78, 5) is 19.5. The first-order valence-electron chi connectivity index (χ1n) is 9.78. The molecular weight excluding hydrogens is 404 g/mol. The maximum atomic E-state index is 11.0. The molecule has 0 aliphatic carbocycles. The number of aliphatic carboxylic acids is 1. The molecule has 0 saturated heterocycles. The van der Waals surface area contributed by atoms with Crippen LogP contribution < -0.4 is 0 Å². The second kappa shape index (κ2) is 11.2. The average molecular weight is 433 g/mol. The van der Waals surface area contributed by atoms with Crippen LogP contribution in [0.2, 0.25) is 0 Å². The van der Waals surface area contributed by atoms with Crippen molar-refractivity contribution in [3.63, 3.8) is 0 Å². The number of rotatable bonds is 11. The van der Waals surface area contributed by atoms with Gasteiger partial charge in [-0.3, -0.25) is 4.79 Å². The molecule has 2 unspecified atom stereocenters. The molecule has 0 saturated carbocycles. The lowest BCUT2D eigenvalue weighted by Gasteiger charge is -2.14. The normalized spacial score (nSPS) is 13.3. The van der Waals surface area contributed by atoms with E-state index in [1.807, 2.05) is 31.5 Å². The third kappa shape index (κ3) is 7.06. The van der Waals surface area contributed by atoms with Crippen LogP contribution in [0.25, 0.3) is 11.4 Å². The van der Waals surface area contributed by atoms with Crippen LogP contribution in [0.1, 0.15) is 57.1 Å². The summed E-state index contributed by atoms with van der Waals surface area (Å²) in [6, 6.07) is 8.24. The van der Waals surface area contributed by atoms with Gasteiger partial charge in [-0.05, 0) is 42.7 Å². The molecule has 0 aliphatic rings. The van der Waals surface area contributed by atoms with Gasteiger partial charge in [0.15, 0.2) is 5.82 Å². The number of halogens is 1. The van der Waals surface area contributed by atoms with Crippen molar-refractivity contribution >= 4 is 21.9 Å². The van der Waals surface area contributed by atoms with Gasteiger partial charge in [-0.25, -0.2) is 9.97 Å². The summed E-state index contributed by atoms with van der Waals surface area (Å²) < 4.78 is 0. The number of carbonyl (C=O) groups is 1. The number of aromatic nitrogens is 2. The fraction of sp³-hybridized carbons (Fsp3) is 0.500. The number of hydrogen-bond donors (Lipinski definition) is 1. The van der Waals surface area contributed by atoms with Crippen molar-refractivity contribution in [2.45, 2.75) is 63.6 Å². The van der Waals surface area contributed by atoms with Crippen LogP contribution in [0, 0.1) is 5.92 Å². The SMILES string of the molecule is CCCCCCc1cnc(-c2ccc(CCC(C)C(Br)C(=O)O)cc2)nc1. The molecule has 1 heterocycles. The predicted molar refractivity (Wildman–Crippen MR) is 113 cm³/mol. The zero-order valence-corrected chi connectivity index (χ0v) is 17.8. The molecule has 0 spiro atoms. The maximum Gasteiger partial charge on any atom is 0.317 e. The third-order valence-corrected chi connectivity index (χ3v) is 6.15. The fourth-order valence-electron chi connectivity index (χ4n) is 2.99. The van der Waals surface area contributed by atoms with E-state index in [1.165, 1.54) is 36.8 Å². The van der Waals surface area contributed by atoms with E-state index in [0.29, 0.717) is 0 Å². The number of alkyl halides is 1. The molecular formula is C22H29BrN2O2. The molecule has 27 heavy (non-hydrogen) atoms. The number of benzene rings is 1. The first-order valence-corrected chi connectivity index (χ1v) is 10.7. The van der Waals surface area contributed by atoms with Gasteiger partial charge in [0.1, 0.15) is 4.83 Å². The van der Waals surface area contributed by atoms with Crippen LogP contribution >= 0.6 is 15.9 Å². The van der Waals surface area contributed by atoms with Gasteiger partial charge in [0.25, 0.3) is 0 Å². The predicted octanol–water partition coefficient (Wildman–Crippen LogP) is 5.68. The monoisotopic (exact) mass is 432 g/mol. The number of aryl methyl sites for hydroxylation is 2. The Hall–Kier alpha value is -1.75. The van der Waals surface area contributed by atoms with Crippen molar-refractivity contribution < 1.29 is 9.90 Å². The Balaban J connectivity index is 1.88. The topological polar surface area (TPSA) is 63.1 Å². The minimum absolute atomic E-state index is 0.0791. The van der Waals surface area contributed by atoms with Crippen LogP contribution in [0.4, 0.5) is 0 Å². The summed E-state index contributed by atoms with van der Waals surface area (Å²) in [6.45, 7) is 4.18. The molecule has 0 radical (unpaired) electrons. The van der Waals surface area contributed by atoms with Crippen LogP contribution in [0.5, 0.6) is 0 Å². The van der Waals surface area contributed by atoms with Crippen molar-refractivity contribution in [2.24, 2.45) is 5.92 Å². The minimum Gasteiger partial charge on any atom is -0.480 e. The quantitative estimate of drug-likeness (QED) is 0.366.